The van der Waals surface area contributed by atoms with Crippen LogP contribution in [-0.4, -0.2) is 13.7 Å². The molecule has 0 aliphatic heterocycles. The monoisotopic (exact) mass is 674 g/mol. The van der Waals surface area contributed by atoms with Gasteiger partial charge in [-0.3, -0.25) is 0 Å². The lowest BCUT2D eigenvalue weighted by Crippen LogP contribution is -1.98. The second-order valence-corrected chi connectivity index (χ2v) is 13.7. The first kappa shape index (κ1) is 29.4. The standard InChI is InChI=1S/C49H30N4/c50-31-32-26-34(33-12-11-13-35(28-33)51-44-19-6-1-14-38(44)39-15-2-7-20-45(39)51)29-37(27-32)53-48-23-10-5-18-42(48)43-30-36(24-25-49(43)53)52-46-21-8-3-16-40(46)41-17-4-9-22-47(41)52/h1-30H. The molecular formula is C49H30N4. The van der Waals surface area contributed by atoms with Crippen LogP contribution in [0.5, 0.6) is 0 Å². The summed E-state index contributed by atoms with van der Waals surface area (Å²) in [5.41, 5.74) is 12.7. The van der Waals surface area contributed by atoms with E-state index in [-0.39, 0.29) is 0 Å². The number of hydrogen-bond acceptors (Lipinski definition) is 1. The van der Waals surface area contributed by atoms with Crippen molar-refractivity contribution in [2.75, 3.05) is 0 Å². The average molecular weight is 675 g/mol. The van der Waals surface area contributed by atoms with E-state index in [9.17, 15) is 5.26 Å². The number of fused-ring (bicyclic) bond motifs is 9. The van der Waals surface area contributed by atoms with Crippen molar-refractivity contribution < 1.29 is 0 Å². The Morgan fingerprint density at radius 2 is 0.717 bits per heavy atom. The predicted molar refractivity (Wildman–Crippen MR) is 220 cm³/mol. The van der Waals surface area contributed by atoms with Crippen molar-refractivity contribution in [1.82, 2.24) is 13.7 Å². The fraction of sp³-hybridized carbons (Fsp3) is 0. The molecule has 4 heteroatoms. The molecule has 246 valence electrons. The van der Waals surface area contributed by atoms with Gasteiger partial charge in [0.2, 0.25) is 0 Å². The zero-order chi connectivity index (χ0) is 35.0. The summed E-state index contributed by atoms with van der Waals surface area (Å²) >= 11 is 0. The van der Waals surface area contributed by atoms with Gasteiger partial charge in [0.1, 0.15) is 0 Å². The molecule has 0 spiro atoms. The third-order valence-electron chi connectivity index (χ3n) is 10.8. The second kappa shape index (κ2) is 11.3. The van der Waals surface area contributed by atoms with Crippen molar-refractivity contribution in [3.05, 3.63) is 188 Å². The molecule has 0 saturated carbocycles. The largest absolute Gasteiger partial charge is 0.309 e. The average Bonchev–Trinajstić information content (AvgIpc) is 3.86. The summed E-state index contributed by atoms with van der Waals surface area (Å²) < 4.78 is 7.02. The first-order chi connectivity index (χ1) is 26.2. The molecule has 0 unspecified atom stereocenters. The number of para-hydroxylation sites is 5. The van der Waals surface area contributed by atoms with Crippen molar-refractivity contribution in [3.63, 3.8) is 0 Å². The minimum Gasteiger partial charge on any atom is -0.309 e. The van der Waals surface area contributed by atoms with Gasteiger partial charge in [-0.05, 0) is 90.0 Å². The van der Waals surface area contributed by atoms with Gasteiger partial charge in [-0.25, -0.2) is 0 Å². The van der Waals surface area contributed by atoms with E-state index in [2.05, 4.69) is 190 Å². The molecule has 0 N–H and O–H groups in total. The number of rotatable bonds is 4. The predicted octanol–water partition coefficient (Wildman–Crippen LogP) is 12.5. The van der Waals surface area contributed by atoms with Crippen molar-refractivity contribution in [2.45, 2.75) is 0 Å². The van der Waals surface area contributed by atoms with Gasteiger partial charge in [0, 0.05) is 49.4 Å². The Morgan fingerprint density at radius 1 is 0.302 bits per heavy atom. The van der Waals surface area contributed by atoms with Gasteiger partial charge in [0.15, 0.2) is 0 Å². The van der Waals surface area contributed by atoms with Crippen LogP contribution < -0.4 is 0 Å². The second-order valence-electron chi connectivity index (χ2n) is 13.7. The van der Waals surface area contributed by atoms with Crippen molar-refractivity contribution in [3.8, 4) is 34.3 Å². The van der Waals surface area contributed by atoms with E-state index in [4.69, 9.17) is 0 Å². The highest BCUT2D eigenvalue weighted by molar-refractivity contribution is 6.12. The molecule has 0 radical (unpaired) electrons. The Bertz CT molecular complexity index is 3200. The molecule has 53 heavy (non-hydrogen) atoms. The molecule has 8 aromatic carbocycles. The highest BCUT2D eigenvalue weighted by Crippen LogP contribution is 2.38. The minimum absolute atomic E-state index is 0.618. The van der Waals surface area contributed by atoms with Crippen LogP contribution >= 0.6 is 0 Å². The molecule has 0 aliphatic carbocycles. The third-order valence-corrected chi connectivity index (χ3v) is 10.8. The molecule has 4 nitrogen and oxygen atoms in total. The van der Waals surface area contributed by atoms with Gasteiger partial charge in [-0.1, -0.05) is 103 Å². The summed E-state index contributed by atoms with van der Waals surface area (Å²) in [4.78, 5) is 0. The Morgan fingerprint density at radius 3 is 1.23 bits per heavy atom. The van der Waals surface area contributed by atoms with Crippen LogP contribution in [0.2, 0.25) is 0 Å². The maximum absolute atomic E-state index is 10.3. The third kappa shape index (κ3) is 4.35. The molecule has 0 atom stereocenters. The minimum atomic E-state index is 0.618. The van der Waals surface area contributed by atoms with Gasteiger partial charge in [0.25, 0.3) is 0 Å². The fourth-order valence-electron chi connectivity index (χ4n) is 8.58. The Kier molecular flexibility index (Phi) is 6.28. The van der Waals surface area contributed by atoms with Crippen molar-refractivity contribution in [1.29, 1.82) is 5.26 Å². The van der Waals surface area contributed by atoms with Gasteiger partial charge >= 0.3 is 0 Å². The molecule has 3 aromatic heterocycles. The summed E-state index contributed by atoms with van der Waals surface area (Å²) in [6.45, 7) is 0. The zero-order valence-corrected chi connectivity index (χ0v) is 28.6. The zero-order valence-electron chi connectivity index (χ0n) is 28.6. The van der Waals surface area contributed by atoms with Crippen LogP contribution in [0.1, 0.15) is 5.56 Å². The highest BCUT2D eigenvalue weighted by atomic mass is 15.0. The normalized spacial score (nSPS) is 11.8. The van der Waals surface area contributed by atoms with Crippen LogP contribution in [0.4, 0.5) is 0 Å². The molecule has 0 amide bonds. The first-order valence-electron chi connectivity index (χ1n) is 17.9. The SMILES string of the molecule is N#Cc1cc(-c2cccc(-n3c4ccccc4c4ccccc43)c2)cc(-n2c3ccccc3c3cc(-n4c5ccccc5c5ccccc54)ccc32)c1. The summed E-state index contributed by atoms with van der Waals surface area (Å²) in [6.07, 6.45) is 0. The molecule has 11 rings (SSSR count). The van der Waals surface area contributed by atoms with Crippen molar-refractivity contribution >= 4 is 65.4 Å². The number of hydrogen-bond donors (Lipinski definition) is 0. The summed E-state index contributed by atoms with van der Waals surface area (Å²) in [7, 11) is 0. The van der Waals surface area contributed by atoms with E-state index in [1.807, 2.05) is 12.1 Å². The number of nitrogens with zero attached hydrogens (tertiary/aromatic N) is 4. The van der Waals surface area contributed by atoms with E-state index in [0.717, 1.165) is 44.6 Å². The molecule has 0 bridgehead atoms. The first-order valence-corrected chi connectivity index (χ1v) is 17.9. The molecule has 11 aromatic rings. The van der Waals surface area contributed by atoms with E-state index in [1.54, 1.807) is 0 Å². The smallest absolute Gasteiger partial charge is 0.0992 e. The fourth-order valence-corrected chi connectivity index (χ4v) is 8.58. The highest BCUT2D eigenvalue weighted by Gasteiger charge is 2.18. The van der Waals surface area contributed by atoms with Crippen LogP contribution in [0, 0.1) is 11.3 Å². The van der Waals surface area contributed by atoms with E-state index >= 15 is 0 Å². The molecule has 0 saturated heterocycles. The van der Waals surface area contributed by atoms with Gasteiger partial charge < -0.3 is 13.7 Å². The number of benzene rings is 8. The summed E-state index contributed by atoms with van der Waals surface area (Å²) in [5, 5.41) is 17.6. The molecule has 0 fully saturated rings. The van der Waals surface area contributed by atoms with Crippen LogP contribution in [-0.2, 0) is 0 Å². The lowest BCUT2D eigenvalue weighted by atomic mass is 10.0. The number of aromatic nitrogens is 3. The summed E-state index contributed by atoms with van der Waals surface area (Å²) in [5.74, 6) is 0. The van der Waals surface area contributed by atoms with Crippen LogP contribution in [0.3, 0.4) is 0 Å². The maximum Gasteiger partial charge on any atom is 0.0992 e. The Labute approximate surface area is 305 Å². The van der Waals surface area contributed by atoms with Crippen LogP contribution in [0.25, 0.3) is 93.6 Å². The maximum atomic E-state index is 10.3. The van der Waals surface area contributed by atoms with Crippen molar-refractivity contribution in [2.24, 2.45) is 0 Å². The summed E-state index contributed by atoms with van der Waals surface area (Å²) in [6, 6.07) is 67.1. The van der Waals surface area contributed by atoms with Gasteiger partial charge in [-0.15, -0.1) is 0 Å². The van der Waals surface area contributed by atoms with E-state index in [1.165, 1.54) is 49.0 Å². The topological polar surface area (TPSA) is 38.6 Å². The lowest BCUT2D eigenvalue weighted by molar-refractivity contribution is 1.16. The van der Waals surface area contributed by atoms with E-state index < -0.39 is 0 Å². The molecule has 3 heterocycles. The lowest BCUT2D eigenvalue weighted by Gasteiger charge is -2.14. The van der Waals surface area contributed by atoms with Crippen LogP contribution in [0.15, 0.2) is 182 Å². The molecular weight excluding hydrogens is 645 g/mol. The Hall–Kier alpha value is -7.35. The quantitative estimate of drug-likeness (QED) is 0.183. The van der Waals surface area contributed by atoms with Gasteiger partial charge in [-0.2, -0.15) is 5.26 Å². The number of nitriles is 1. The Balaban J connectivity index is 1.10. The molecule has 0 aliphatic rings. The van der Waals surface area contributed by atoms with Gasteiger partial charge in [0.05, 0.1) is 44.7 Å². The van der Waals surface area contributed by atoms with E-state index in [0.29, 0.717) is 5.56 Å².